The van der Waals surface area contributed by atoms with Crippen LogP contribution in [0.25, 0.3) is 16.8 Å². The number of nitrogens with one attached hydrogen (secondary N) is 1. The smallest absolute Gasteiger partial charge is 0.245 e. The third kappa shape index (κ3) is 5.35. The molecule has 0 radical (unpaired) electrons. The van der Waals surface area contributed by atoms with E-state index >= 15 is 0 Å². The van der Waals surface area contributed by atoms with Crippen LogP contribution in [0.1, 0.15) is 6.92 Å². The second-order valence-corrected chi connectivity index (χ2v) is 11.3. The Morgan fingerprint density at radius 1 is 0.972 bits per heavy atom. The zero-order valence-electron chi connectivity index (χ0n) is 20.4. The predicted molar refractivity (Wildman–Crippen MR) is 142 cm³/mol. The molecule has 0 spiro atoms. The second-order valence-electron chi connectivity index (χ2n) is 9.24. The highest BCUT2D eigenvalue weighted by Crippen LogP contribution is 2.25. The molecule has 1 fully saturated rings. The number of aliphatic hydroxyl groups is 1. The van der Waals surface area contributed by atoms with Gasteiger partial charge in [0.25, 0.3) is 0 Å². The number of aliphatic hydroxyl groups excluding tert-OH is 1. The van der Waals surface area contributed by atoms with Gasteiger partial charge in [-0.25, -0.2) is 17.9 Å². The molecule has 1 aliphatic heterocycles. The van der Waals surface area contributed by atoms with Gasteiger partial charge in [-0.15, -0.1) is 5.10 Å². The summed E-state index contributed by atoms with van der Waals surface area (Å²) in [6.45, 7) is 6.29. The highest BCUT2D eigenvalue weighted by molar-refractivity contribution is 7.90. The average molecular weight is 507 g/mol. The van der Waals surface area contributed by atoms with Crippen molar-refractivity contribution in [3.8, 4) is 11.3 Å². The standard InChI is InChI=1S/C26H30N6O3S/c1-19(33)18-30-13-15-31(16-14-30)22-7-5-21(6-8-22)28-26-27-17-23-9-12-25(32(23)29-26)20-3-10-24(11-4-20)36(2,34)35/h3-12,17,19,33H,13-16,18H2,1-2H3,(H,28,29)/t19-/m0/s1. The molecule has 3 heterocycles. The van der Waals surface area contributed by atoms with Crippen LogP contribution < -0.4 is 10.2 Å². The van der Waals surface area contributed by atoms with E-state index < -0.39 is 9.84 Å². The number of aromatic nitrogens is 3. The van der Waals surface area contributed by atoms with Crippen LogP contribution in [-0.4, -0.2) is 78.1 Å². The minimum absolute atomic E-state index is 0.286. The maximum atomic E-state index is 11.8. The molecular weight excluding hydrogens is 476 g/mol. The van der Waals surface area contributed by atoms with Crippen molar-refractivity contribution in [2.75, 3.05) is 49.2 Å². The van der Waals surface area contributed by atoms with E-state index in [1.54, 1.807) is 35.0 Å². The maximum Gasteiger partial charge on any atom is 0.245 e. The van der Waals surface area contributed by atoms with Crippen molar-refractivity contribution >= 4 is 32.7 Å². The number of β-amino-alcohol motifs (C(OH)–C–C–N with tert-alkyl or cyclic N) is 1. The molecule has 1 saturated heterocycles. The van der Waals surface area contributed by atoms with Gasteiger partial charge in [0.15, 0.2) is 9.84 Å². The lowest BCUT2D eigenvalue weighted by molar-refractivity contribution is 0.123. The summed E-state index contributed by atoms with van der Waals surface area (Å²) in [5.74, 6) is 0.465. The lowest BCUT2D eigenvalue weighted by atomic mass is 10.2. The number of hydrogen-bond donors (Lipinski definition) is 2. The van der Waals surface area contributed by atoms with E-state index in [0.717, 1.165) is 55.2 Å². The SMILES string of the molecule is C[C@H](O)CN1CCN(c2ccc(Nc3ncc4ccc(-c5ccc(S(C)(=O)=O)cc5)n4n3)cc2)CC1. The molecular formula is C26H30N6O3S. The summed E-state index contributed by atoms with van der Waals surface area (Å²) in [5.41, 5.74) is 4.61. The van der Waals surface area contributed by atoms with Crippen LogP contribution in [-0.2, 0) is 9.84 Å². The minimum Gasteiger partial charge on any atom is -0.392 e. The fraction of sp³-hybridized carbons (Fsp3) is 0.308. The summed E-state index contributed by atoms with van der Waals surface area (Å²) in [6, 6.07) is 18.9. The molecule has 188 valence electrons. The topological polar surface area (TPSA) is 103 Å². The monoisotopic (exact) mass is 506 g/mol. The number of hydrogen-bond acceptors (Lipinski definition) is 8. The molecule has 0 amide bonds. The summed E-state index contributed by atoms with van der Waals surface area (Å²) in [7, 11) is -3.25. The molecule has 1 aliphatic rings. The number of benzene rings is 2. The molecule has 5 rings (SSSR count). The first-order chi connectivity index (χ1) is 17.3. The molecule has 0 saturated carbocycles. The van der Waals surface area contributed by atoms with Crippen molar-refractivity contribution in [1.82, 2.24) is 19.5 Å². The Morgan fingerprint density at radius 2 is 1.67 bits per heavy atom. The fourth-order valence-corrected chi connectivity index (χ4v) is 5.13. The van der Waals surface area contributed by atoms with Crippen molar-refractivity contribution in [3.05, 3.63) is 66.9 Å². The van der Waals surface area contributed by atoms with Gasteiger partial charge in [-0.2, -0.15) is 0 Å². The van der Waals surface area contributed by atoms with E-state index in [1.165, 1.54) is 11.9 Å². The molecule has 0 bridgehead atoms. The Bertz CT molecular complexity index is 1440. The first kappa shape index (κ1) is 24.2. The van der Waals surface area contributed by atoms with Crippen LogP contribution >= 0.6 is 0 Å². The quantitative estimate of drug-likeness (QED) is 0.394. The lowest BCUT2D eigenvalue weighted by Crippen LogP contribution is -2.48. The van der Waals surface area contributed by atoms with Crippen LogP contribution in [0.3, 0.4) is 0 Å². The van der Waals surface area contributed by atoms with Gasteiger partial charge in [-0.3, -0.25) is 4.90 Å². The summed E-state index contributed by atoms with van der Waals surface area (Å²) in [5, 5.41) is 17.5. The maximum absolute atomic E-state index is 11.8. The highest BCUT2D eigenvalue weighted by atomic mass is 32.2. The van der Waals surface area contributed by atoms with Crippen LogP contribution in [0.4, 0.5) is 17.3 Å². The van der Waals surface area contributed by atoms with E-state index in [2.05, 4.69) is 37.3 Å². The summed E-state index contributed by atoms with van der Waals surface area (Å²) in [6.07, 6.45) is 2.66. The van der Waals surface area contributed by atoms with E-state index in [9.17, 15) is 13.5 Å². The van der Waals surface area contributed by atoms with Crippen LogP contribution in [0.15, 0.2) is 71.8 Å². The van der Waals surface area contributed by atoms with Gasteiger partial charge in [0, 0.05) is 55.9 Å². The van der Waals surface area contributed by atoms with E-state index in [-0.39, 0.29) is 11.0 Å². The molecule has 4 aromatic rings. The van der Waals surface area contributed by atoms with Crippen molar-refractivity contribution < 1.29 is 13.5 Å². The van der Waals surface area contributed by atoms with E-state index in [0.29, 0.717) is 5.95 Å². The number of nitrogens with zero attached hydrogens (tertiary/aromatic N) is 5. The zero-order valence-corrected chi connectivity index (χ0v) is 21.2. The molecule has 10 heteroatoms. The number of piperazine rings is 1. The molecule has 2 N–H and O–H groups in total. The molecule has 1 atom stereocenters. The van der Waals surface area contributed by atoms with Crippen molar-refractivity contribution in [2.45, 2.75) is 17.9 Å². The van der Waals surface area contributed by atoms with Gasteiger partial charge >= 0.3 is 0 Å². The van der Waals surface area contributed by atoms with Crippen LogP contribution in [0, 0.1) is 0 Å². The Kier molecular flexibility index (Phi) is 6.65. The lowest BCUT2D eigenvalue weighted by Gasteiger charge is -2.36. The van der Waals surface area contributed by atoms with Gasteiger partial charge in [0.1, 0.15) is 0 Å². The average Bonchev–Trinajstić information content (AvgIpc) is 3.28. The number of fused-ring (bicyclic) bond motifs is 1. The first-order valence-electron chi connectivity index (χ1n) is 11.9. The highest BCUT2D eigenvalue weighted by Gasteiger charge is 2.18. The number of rotatable bonds is 7. The molecule has 9 nitrogen and oxygen atoms in total. The summed E-state index contributed by atoms with van der Waals surface area (Å²) < 4.78 is 25.3. The van der Waals surface area contributed by atoms with Crippen LogP contribution in [0.2, 0.25) is 0 Å². The van der Waals surface area contributed by atoms with E-state index in [4.69, 9.17) is 0 Å². The minimum atomic E-state index is -3.25. The molecule has 36 heavy (non-hydrogen) atoms. The largest absolute Gasteiger partial charge is 0.392 e. The van der Waals surface area contributed by atoms with Gasteiger partial charge < -0.3 is 15.3 Å². The first-order valence-corrected chi connectivity index (χ1v) is 13.8. The van der Waals surface area contributed by atoms with Gasteiger partial charge in [-0.05, 0) is 55.5 Å². The molecule has 0 aliphatic carbocycles. The normalized spacial score (nSPS) is 15.8. The zero-order chi connectivity index (χ0) is 25.3. The predicted octanol–water partition coefficient (Wildman–Crippen LogP) is 3.05. The second kappa shape index (κ2) is 9.88. The Morgan fingerprint density at radius 3 is 2.31 bits per heavy atom. The van der Waals surface area contributed by atoms with Gasteiger partial charge in [0.2, 0.25) is 5.95 Å². The van der Waals surface area contributed by atoms with Crippen molar-refractivity contribution in [3.63, 3.8) is 0 Å². The fourth-order valence-electron chi connectivity index (χ4n) is 4.50. The van der Waals surface area contributed by atoms with Crippen molar-refractivity contribution in [2.24, 2.45) is 0 Å². The van der Waals surface area contributed by atoms with Crippen molar-refractivity contribution in [1.29, 1.82) is 0 Å². The summed E-state index contributed by atoms with van der Waals surface area (Å²) >= 11 is 0. The molecule has 2 aromatic heterocycles. The van der Waals surface area contributed by atoms with Crippen LogP contribution in [0.5, 0.6) is 0 Å². The Labute approximate surface area is 210 Å². The third-order valence-corrected chi connectivity index (χ3v) is 7.49. The number of sulfone groups is 1. The molecule has 2 aromatic carbocycles. The molecule has 0 unspecified atom stereocenters. The summed E-state index contributed by atoms with van der Waals surface area (Å²) in [4.78, 5) is 9.37. The van der Waals surface area contributed by atoms with Gasteiger partial charge in [0.05, 0.1) is 28.4 Å². The van der Waals surface area contributed by atoms with E-state index in [1.807, 2.05) is 31.2 Å². The third-order valence-electron chi connectivity index (χ3n) is 6.36. The number of anilines is 3. The Balaban J connectivity index is 1.29. The Hall–Kier alpha value is -3.47. The van der Waals surface area contributed by atoms with Gasteiger partial charge in [-0.1, -0.05) is 12.1 Å².